The molecule has 0 saturated carbocycles. The van der Waals surface area contributed by atoms with Crippen LogP contribution in [0.5, 0.6) is 0 Å². The maximum absolute atomic E-state index is 11.7. The first-order valence-electron chi connectivity index (χ1n) is 11.7. The third kappa shape index (κ3) is 18.4. The van der Waals surface area contributed by atoms with Gasteiger partial charge in [0.2, 0.25) is 0 Å². The van der Waals surface area contributed by atoms with Gasteiger partial charge in [0.05, 0.1) is 13.2 Å². The number of rotatable bonds is 19. The predicted molar refractivity (Wildman–Crippen MR) is 146 cm³/mol. The Kier molecular flexibility index (Phi) is 16.2. The highest BCUT2D eigenvalue weighted by molar-refractivity contribution is 9.10. The van der Waals surface area contributed by atoms with E-state index in [4.69, 9.17) is 27.5 Å². The minimum atomic E-state index is -2.23. The Morgan fingerprint density at radius 3 is 1.56 bits per heavy atom. The van der Waals surface area contributed by atoms with E-state index in [2.05, 4.69) is 58.0 Å². The fourth-order valence-corrected chi connectivity index (χ4v) is 10.6. The third-order valence-electron chi connectivity index (χ3n) is 4.36. The van der Waals surface area contributed by atoms with Crippen molar-refractivity contribution in [2.45, 2.75) is 81.4 Å². The lowest BCUT2D eigenvalue weighted by Crippen LogP contribution is -2.46. The monoisotopic (exact) mass is 650 g/mol. The molecule has 0 spiro atoms. The Labute approximate surface area is 224 Å². The first kappa shape index (κ1) is 34.2. The van der Waals surface area contributed by atoms with Crippen LogP contribution in [0.3, 0.4) is 0 Å². The molecule has 0 aromatic carbocycles. The van der Waals surface area contributed by atoms with Crippen molar-refractivity contribution in [3.8, 4) is 0 Å². The molecule has 0 saturated heterocycles. The van der Waals surface area contributed by atoms with Crippen molar-refractivity contribution in [3.63, 3.8) is 0 Å². The zero-order valence-electron chi connectivity index (χ0n) is 22.1. The fourth-order valence-electron chi connectivity index (χ4n) is 2.76. The Bertz CT molecular complexity index is 605. The van der Waals surface area contributed by atoms with E-state index >= 15 is 0 Å². The van der Waals surface area contributed by atoms with Crippen molar-refractivity contribution >= 4 is 60.7 Å². The van der Waals surface area contributed by atoms with Crippen molar-refractivity contribution in [1.82, 2.24) is 0 Å². The maximum atomic E-state index is 11.7. The zero-order chi connectivity index (χ0) is 26.5. The van der Waals surface area contributed by atoms with Gasteiger partial charge in [-0.15, -0.1) is 0 Å². The second-order valence-electron chi connectivity index (χ2n) is 10.0. The summed E-state index contributed by atoms with van der Waals surface area (Å²) in [5.74, 6) is -0.598. The third-order valence-corrected chi connectivity index (χ3v) is 11.6. The maximum Gasteiger partial charge on any atom is 0.322 e. The van der Waals surface area contributed by atoms with Gasteiger partial charge < -0.3 is 27.5 Å². The number of carbonyl (C=O) groups is 2. The van der Waals surface area contributed by atoms with Crippen molar-refractivity contribution < 1.29 is 37.1 Å². The molecular formula is C22H44Br2O8Si2. The van der Waals surface area contributed by atoms with Crippen LogP contribution in [0.15, 0.2) is 0 Å². The Morgan fingerprint density at radius 2 is 1.12 bits per heavy atom. The summed E-state index contributed by atoms with van der Waals surface area (Å²) in [7, 11) is -4.11. The van der Waals surface area contributed by atoms with Crippen molar-refractivity contribution in [2.75, 3.05) is 46.2 Å². The first-order chi connectivity index (χ1) is 15.5. The van der Waals surface area contributed by atoms with Gasteiger partial charge in [0.15, 0.2) is 8.32 Å². The summed E-state index contributed by atoms with van der Waals surface area (Å²) < 4.78 is 32.5. The molecule has 0 atom stereocenters. The summed E-state index contributed by atoms with van der Waals surface area (Å²) in [6, 6.07) is 0.966. The summed E-state index contributed by atoms with van der Waals surface area (Å²) in [5.41, 5.74) is 0. The number of hydrogen-bond donors (Lipinski definition) is 0. The number of alkyl halides is 2. The Balaban J connectivity index is 3.88. The van der Waals surface area contributed by atoms with Gasteiger partial charge in [0.1, 0.15) is 21.9 Å². The van der Waals surface area contributed by atoms with Crippen LogP contribution in [0.1, 0.15) is 40.5 Å². The second kappa shape index (κ2) is 16.1. The molecule has 0 heterocycles. The van der Waals surface area contributed by atoms with Gasteiger partial charge in [0.25, 0.3) is 0 Å². The topological polar surface area (TPSA) is 89.5 Å². The molecule has 0 unspecified atom stereocenters. The SMILES string of the molecule is CC(C)(Br)C(=O)OCCOCCCO[Si](C)(C)O[Si](C)(C)CCCOCCOC(=O)C(C)(C)Br. The van der Waals surface area contributed by atoms with E-state index in [1.807, 2.05) is 0 Å². The highest BCUT2D eigenvalue weighted by atomic mass is 79.9. The van der Waals surface area contributed by atoms with Gasteiger partial charge in [-0.2, -0.15) is 0 Å². The smallest absolute Gasteiger partial charge is 0.322 e. The van der Waals surface area contributed by atoms with Crippen LogP contribution in [0.25, 0.3) is 0 Å². The van der Waals surface area contributed by atoms with Crippen LogP contribution in [0, 0.1) is 0 Å². The quantitative estimate of drug-likeness (QED) is 0.0818. The molecule has 0 aliphatic heterocycles. The van der Waals surface area contributed by atoms with Gasteiger partial charge in [-0.25, -0.2) is 0 Å². The average molecular weight is 653 g/mol. The van der Waals surface area contributed by atoms with E-state index < -0.39 is 25.5 Å². The van der Waals surface area contributed by atoms with Crippen molar-refractivity contribution in [1.29, 1.82) is 0 Å². The largest absolute Gasteiger partial charge is 0.462 e. The fraction of sp³-hybridized carbons (Fsp3) is 0.909. The molecule has 0 aromatic rings. The zero-order valence-corrected chi connectivity index (χ0v) is 27.3. The van der Waals surface area contributed by atoms with E-state index in [9.17, 15) is 9.59 Å². The molecule has 12 heteroatoms. The minimum absolute atomic E-state index is 0.238. The van der Waals surface area contributed by atoms with Crippen LogP contribution in [0.2, 0.25) is 32.2 Å². The van der Waals surface area contributed by atoms with E-state index in [0.717, 1.165) is 18.9 Å². The minimum Gasteiger partial charge on any atom is -0.462 e. The standard InChI is InChI=1S/C22H44Br2O8Si2/c1-21(2,23)19(25)29-16-14-27-11-9-13-31-34(7,8)32-33(5,6)18-10-12-28-15-17-30-20(26)22(3,4)24/h9-18H2,1-8H3. The molecule has 0 aliphatic carbocycles. The number of hydrogen-bond acceptors (Lipinski definition) is 8. The molecule has 0 aromatic heterocycles. The molecule has 202 valence electrons. The molecule has 0 radical (unpaired) electrons. The summed E-state index contributed by atoms with van der Waals surface area (Å²) in [6.07, 6.45) is 1.65. The van der Waals surface area contributed by atoms with E-state index in [1.165, 1.54) is 0 Å². The number of ether oxygens (including phenoxy) is 4. The van der Waals surface area contributed by atoms with Crippen molar-refractivity contribution in [2.24, 2.45) is 0 Å². The van der Waals surface area contributed by atoms with Crippen LogP contribution in [-0.2, 0) is 37.1 Å². The first-order valence-corrected chi connectivity index (χ1v) is 19.2. The highest BCUT2D eigenvalue weighted by Gasteiger charge is 2.34. The van der Waals surface area contributed by atoms with Gasteiger partial charge in [-0.3, -0.25) is 9.59 Å². The summed E-state index contributed by atoms with van der Waals surface area (Å²) in [5, 5.41) is 0. The van der Waals surface area contributed by atoms with Crippen molar-refractivity contribution in [3.05, 3.63) is 0 Å². The van der Waals surface area contributed by atoms with Gasteiger partial charge in [-0.1, -0.05) is 31.9 Å². The normalized spacial score (nSPS) is 13.1. The molecule has 0 rings (SSSR count). The average Bonchev–Trinajstić information content (AvgIpc) is 2.66. The lowest BCUT2D eigenvalue weighted by Gasteiger charge is -2.33. The van der Waals surface area contributed by atoms with Crippen LogP contribution in [0.4, 0.5) is 0 Å². The predicted octanol–water partition coefficient (Wildman–Crippen LogP) is 5.17. The molecule has 34 heavy (non-hydrogen) atoms. The molecule has 0 amide bonds. The molecule has 8 nitrogen and oxygen atoms in total. The Hall–Kier alpha value is 0.174. The van der Waals surface area contributed by atoms with E-state index in [0.29, 0.717) is 33.0 Å². The van der Waals surface area contributed by atoms with Gasteiger partial charge in [-0.05, 0) is 72.8 Å². The lowest BCUT2D eigenvalue weighted by molar-refractivity contribution is -0.147. The Morgan fingerprint density at radius 1 is 0.676 bits per heavy atom. The summed E-state index contributed by atoms with van der Waals surface area (Å²) >= 11 is 6.53. The summed E-state index contributed by atoms with van der Waals surface area (Å²) in [4.78, 5) is 23.3. The van der Waals surface area contributed by atoms with E-state index in [-0.39, 0.29) is 25.2 Å². The van der Waals surface area contributed by atoms with Crippen LogP contribution in [-0.4, -0.2) is 83.7 Å². The van der Waals surface area contributed by atoms with Gasteiger partial charge in [0, 0.05) is 19.8 Å². The molecule has 0 fully saturated rings. The lowest BCUT2D eigenvalue weighted by atomic mass is 10.2. The number of esters is 2. The molecule has 0 N–H and O–H groups in total. The van der Waals surface area contributed by atoms with Crippen LogP contribution >= 0.6 is 31.9 Å². The number of carbonyl (C=O) groups excluding carboxylic acids is 2. The van der Waals surface area contributed by atoms with E-state index in [1.54, 1.807) is 27.7 Å². The second-order valence-corrected chi connectivity index (χ2v) is 21.9. The highest BCUT2D eigenvalue weighted by Crippen LogP contribution is 2.21. The molecule has 0 aliphatic rings. The van der Waals surface area contributed by atoms with Crippen LogP contribution < -0.4 is 0 Å². The molecular weight excluding hydrogens is 608 g/mol. The van der Waals surface area contributed by atoms with Gasteiger partial charge >= 0.3 is 20.5 Å². The number of halogens is 2. The summed E-state index contributed by atoms with van der Waals surface area (Å²) in [6.45, 7) is 18.5. The molecule has 0 bridgehead atoms.